The van der Waals surface area contributed by atoms with Crippen molar-refractivity contribution in [1.29, 1.82) is 0 Å². The number of ether oxygens (including phenoxy) is 1. The third kappa shape index (κ3) is 3.95. The number of aliphatic hydroxyl groups excluding tert-OH is 1. The molecule has 28 heavy (non-hydrogen) atoms. The van der Waals surface area contributed by atoms with Crippen molar-refractivity contribution in [1.82, 2.24) is 20.2 Å². The maximum absolute atomic E-state index is 13.7. The first kappa shape index (κ1) is 18.7. The molecule has 148 valence electrons. The summed E-state index contributed by atoms with van der Waals surface area (Å²) in [5.74, 6) is -0.785. The van der Waals surface area contributed by atoms with Gasteiger partial charge in [0.2, 0.25) is 0 Å². The van der Waals surface area contributed by atoms with Crippen LogP contribution in [0.4, 0.5) is 14.6 Å². The minimum Gasteiger partial charge on any atom is -0.386 e. The standard InChI is InChI=1S/C19H21F2N5O2/c20-14-2-1-3-15(21)17(14)16(27)9-28-12-6-4-11(5-7-12)25-18-13-8-24-26-19(13)23-10-22-18/h1-3,8,10-12,16,27H,4-7,9H2,(H2,22,23,24,25,26)/t11?,12?,16-/m1/s1. The highest BCUT2D eigenvalue weighted by molar-refractivity contribution is 5.85. The van der Waals surface area contributed by atoms with Gasteiger partial charge < -0.3 is 15.2 Å². The van der Waals surface area contributed by atoms with E-state index in [-0.39, 0.29) is 24.3 Å². The highest BCUT2D eigenvalue weighted by Gasteiger charge is 2.25. The first-order valence-electron chi connectivity index (χ1n) is 9.26. The summed E-state index contributed by atoms with van der Waals surface area (Å²) in [5.41, 5.74) is 0.342. The van der Waals surface area contributed by atoms with Crippen LogP contribution in [-0.2, 0) is 4.74 Å². The Balaban J connectivity index is 1.28. The lowest BCUT2D eigenvalue weighted by atomic mass is 9.93. The van der Waals surface area contributed by atoms with Crippen molar-refractivity contribution < 1.29 is 18.6 Å². The molecule has 9 heteroatoms. The van der Waals surface area contributed by atoms with Crippen LogP contribution in [0.5, 0.6) is 0 Å². The van der Waals surface area contributed by atoms with E-state index in [0.29, 0.717) is 5.65 Å². The fourth-order valence-electron chi connectivity index (χ4n) is 3.59. The van der Waals surface area contributed by atoms with Crippen molar-refractivity contribution >= 4 is 16.9 Å². The summed E-state index contributed by atoms with van der Waals surface area (Å²) in [4.78, 5) is 8.40. The number of fused-ring (bicyclic) bond motifs is 1. The summed E-state index contributed by atoms with van der Waals surface area (Å²) in [6.45, 7) is -0.137. The lowest BCUT2D eigenvalue weighted by Gasteiger charge is -2.30. The van der Waals surface area contributed by atoms with Crippen molar-refractivity contribution in [3.05, 3.63) is 47.9 Å². The number of hydrogen-bond donors (Lipinski definition) is 3. The van der Waals surface area contributed by atoms with E-state index in [1.165, 1.54) is 12.4 Å². The largest absolute Gasteiger partial charge is 0.386 e. The summed E-state index contributed by atoms with van der Waals surface area (Å²) in [7, 11) is 0. The average molecular weight is 389 g/mol. The Kier molecular flexibility index (Phi) is 5.45. The number of nitrogens with zero attached hydrogens (tertiary/aromatic N) is 3. The molecule has 0 radical (unpaired) electrons. The Morgan fingerprint density at radius 1 is 1.18 bits per heavy atom. The van der Waals surface area contributed by atoms with Crippen molar-refractivity contribution in [3.8, 4) is 0 Å². The number of aromatic nitrogens is 4. The van der Waals surface area contributed by atoms with E-state index in [2.05, 4.69) is 25.5 Å². The summed E-state index contributed by atoms with van der Waals surface area (Å²) in [5, 5.41) is 21.2. The summed E-state index contributed by atoms with van der Waals surface area (Å²) < 4.78 is 33.2. The van der Waals surface area contributed by atoms with Gasteiger partial charge in [-0.15, -0.1) is 0 Å². The molecule has 1 fully saturated rings. The molecule has 1 aromatic carbocycles. The average Bonchev–Trinajstić information content (AvgIpc) is 3.17. The van der Waals surface area contributed by atoms with Gasteiger partial charge in [-0.1, -0.05) is 6.07 Å². The molecule has 2 aromatic heterocycles. The van der Waals surface area contributed by atoms with E-state index in [1.54, 1.807) is 6.20 Å². The maximum atomic E-state index is 13.7. The molecule has 0 unspecified atom stereocenters. The normalized spacial score (nSPS) is 21.0. The number of aliphatic hydroxyl groups is 1. The molecule has 0 spiro atoms. The van der Waals surface area contributed by atoms with Gasteiger partial charge in [-0.2, -0.15) is 5.10 Å². The molecule has 0 aliphatic heterocycles. The highest BCUT2D eigenvalue weighted by Crippen LogP contribution is 2.27. The van der Waals surface area contributed by atoms with Crippen LogP contribution in [0, 0.1) is 11.6 Å². The van der Waals surface area contributed by atoms with Gasteiger partial charge >= 0.3 is 0 Å². The molecule has 2 heterocycles. The van der Waals surface area contributed by atoms with Gasteiger partial charge in [0.1, 0.15) is 29.9 Å². The number of anilines is 1. The quantitative estimate of drug-likeness (QED) is 0.600. The van der Waals surface area contributed by atoms with Crippen molar-refractivity contribution in [2.75, 3.05) is 11.9 Å². The Morgan fingerprint density at radius 3 is 2.68 bits per heavy atom. The van der Waals surface area contributed by atoms with E-state index >= 15 is 0 Å². The Labute approximate surface area is 160 Å². The van der Waals surface area contributed by atoms with Crippen molar-refractivity contribution in [2.24, 2.45) is 0 Å². The number of halogens is 2. The maximum Gasteiger partial charge on any atom is 0.160 e. The number of rotatable bonds is 6. The van der Waals surface area contributed by atoms with Crippen LogP contribution in [0.3, 0.4) is 0 Å². The molecule has 0 bridgehead atoms. The van der Waals surface area contributed by atoms with Gasteiger partial charge in [0.05, 0.1) is 29.9 Å². The Morgan fingerprint density at radius 2 is 1.93 bits per heavy atom. The van der Waals surface area contributed by atoms with E-state index in [4.69, 9.17) is 4.74 Å². The van der Waals surface area contributed by atoms with Crippen LogP contribution >= 0.6 is 0 Å². The molecule has 0 amide bonds. The van der Waals surface area contributed by atoms with Crippen LogP contribution < -0.4 is 5.32 Å². The van der Waals surface area contributed by atoms with Gasteiger partial charge in [-0.05, 0) is 37.8 Å². The number of aromatic amines is 1. The predicted octanol–water partition coefficient (Wildman–Crippen LogP) is 3.10. The summed E-state index contributed by atoms with van der Waals surface area (Å²) >= 11 is 0. The molecule has 0 saturated heterocycles. The zero-order chi connectivity index (χ0) is 19.5. The minimum absolute atomic E-state index is 0.0538. The van der Waals surface area contributed by atoms with Crippen molar-refractivity contribution in [2.45, 2.75) is 43.9 Å². The zero-order valence-electron chi connectivity index (χ0n) is 15.1. The predicted molar refractivity (Wildman–Crippen MR) is 98.6 cm³/mol. The topological polar surface area (TPSA) is 96.0 Å². The van der Waals surface area contributed by atoms with Gasteiger partial charge in [-0.25, -0.2) is 18.7 Å². The lowest BCUT2D eigenvalue weighted by Crippen LogP contribution is -2.31. The second-order valence-corrected chi connectivity index (χ2v) is 6.96. The minimum atomic E-state index is -1.33. The molecule has 4 rings (SSSR count). The van der Waals surface area contributed by atoms with Crippen LogP contribution in [0.15, 0.2) is 30.7 Å². The first-order chi connectivity index (χ1) is 13.6. The van der Waals surface area contributed by atoms with E-state index in [0.717, 1.165) is 49.0 Å². The van der Waals surface area contributed by atoms with Gasteiger partial charge in [0.15, 0.2) is 5.65 Å². The summed E-state index contributed by atoms with van der Waals surface area (Å²) in [6.07, 6.45) is 5.08. The number of hydrogen-bond acceptors (Lipinski definition) is 6. The second kappa shape index (κ2) is 8.15. The van der Waals surface area contributed by atoms with Crippen LogP contribution in [0.25, 0.3) is 11.0 Å². The third-order valence-corrected chi connectivity index (χ3v) is 5.09. The Bertz CT molecular complexity index is 923. The molecular weight excluding hydrogens is 368 g/mol. The highest BCUT2D eigenvalue weighted by atomic mass is 19.1. The number of H-pyrrole nitrogens is 1. The van der Waals surface area contributed by atoms with Crippen LogP contribution in [-0.4, -0.2) is 44.0 Å². The molecule has 1 aliphatic rings. The zero-order valence-corrected chi connectivity index (χ0v) is 15.1. The van der Waals surface area contributed by atoms with Crippen LogP contribution in [0.2, 0.25) is 0 Å². The number of nitrogens with one attached hydrogen (secondary N) is 2. The monoisotopic (exact) mass is 389 g/mol. The fraction of sp³-hybridized carbons (Fsp3) is 0.421. The molecule has 1 saturated carbocycles. The molecule has 3 N–H and O–H groups in total. The smallest absolute Gasteiger partial charge is 0.160 e. The first-order valence-corrected chi connectivity index (χ1v) is 9.26. The SMILES string of the molecule is O[C@H](COC1CCC(Nc2ncnc3[nH]ncc23)CC1)c1c(F)cccc1F. The van der Waals surface area contributed by atoms with Gasteiger partial charge in [0.25, 0.3) is 0 Å². The van der Waals surface area contributed by atoms with Gasteiger partial charge in [0, 0.05) is 6.04 Å². The number of benzene rings is 1. The fourth-order valence-corrected chi connectivity index (χ4v) is 3.59. The molecule has 1 atom stereocenters. The van der Waals surface area contributed by atoms with E-state index < -0.39 is 17.7 Å². The molecule has 1 aliphatic carbocycles. The third-order valence-electron chi connectivity index (χ3n) is 5.09. The Hall–Kier alpha value is -2.65. The summed E-state index contributed by atoms with van der Waals surface area (Å²) in [6, 6.07) is 3.76. The van der Waals surface area contributed by atoms with Gasteiger partial charge in [-0.3, -0.25) is 5.10 Å². The van der Waals surface area contributed by atoms with E-state index in [9.17, 15) is 13.9 Å². The van der Waals surface area contributed by atoms with Crippen molar-refractivity contribution in [3.63, 3.8) is 0 Å². The molecule has 7 nitrogen and oxygen atoms in total. The molecular formula is C19H21F2N5O2. The van der Waals surface area contributed by atoms with Crippen LogP contribution in [0.1, 0.15) is 37.4 Å². The van der Waals surface area contributed by atoms with E-state index in [1.807, 2.05) is 0 Å². The second-order valence-electron chi connectivity index (χ2n) is 6.96. The lowest BCUT2D eigenvalue weighted by molar-refractivity contribution is -0.0276. The molecule has 3 aromatic rings.